The first-order valence-electron chi connectivity index (χ1n) is 9.65. The van der Waals surface area contributed by atoms with Gasteiger partial charge in [0.2, 0.25) is 10.0 Å². The van der Waals surface area contributed by atoms with Gasteiger partial charge >= 0.3 is 5.97 Å². The number of nitrogens with zero attached hydrogens (tertiary/aromatic N) is 4. The minimum Gasteiger partial charge on any atom is -0.451 e. The van der Waals surface area contributed by atoms with Crippen LogP contribution in [0.15, 0.2) is 65.7 Å². The van der Waals surface area contributed by atoms with E-state index in [0.29, 0.717) is 12.1 Å². The molecule has 32 heavy (non-hydrogen) atoms. The zero-order chi connectivity index (χ0) is 23.1. The molecule has 11 heteroatoms. The van der Waals surface area contributed by atoms with E-state index < -0.39 is 28.5 Å². The molecule has 0 aliphatic heterocycles. The van der Waals surface area contributed by atoms with Gasteiger partial charge in [0.15, 0.2) is 12.3 Å². The van der Waals surface area contributed by atoms with E-state index in [1.54, 1.807) is 18.2 Å². The summed E-state index contributed by atoms with van der Waals surface area (Å²) in [4.78, 5) is 24.3. The summed E-state index contributed by atoms with van der Waals surface area (Å²) in [5, 5.41) is 10.2. The third-order valence-corrected chi connectivity index (χ3v) is 6.39. The van der Waals surface area contributed by atoms with E-state index >= 15 is 0 Å². The Labute approximate surface area is 185 Å². The van der Waals surface area contributed by atoms with Crippen LogP contribution >= 0.6 is 0 Å². The summed E-state index contributed by atoms with van der Waals surface area (Å²) < 4.78 is 32.4. The highest BCUT2D eigenvalue weighted by Gasteiger charge is 2.21. The van der Waals surface area contributed by atoms with Crippen LogP contribution in [0, 0.1) is 0 Å². The lowest BCUT2D eigenvalue weighted by atomic mass is 10.2. The zero-order valence-electron chi connectivity index (χ0n) is 17.6. The number of carbonyl (C=O) groups is 2. The molecule has 1 amide bonds. The zero-order valence-corrected chi connectivity index (χ0v) is 18.4. The van der Waals surface area contributed by atoms with Crippen LogP contribution in [0.4, 0.5) is 0 Å². The maximum Gasteiger partial charge on any atom is 0.361 e. The van der Waals surface area contributed by atoms with Crippen molar-refractivity contribution in [2.75, 3.05) is 20.7 Å². The van der Waals surface area contributed by atoms with Gasteiger partial charge in [-0.15, -0.1) is 5.10 Å². The van der Waals surface area contributed by atoms with Gasteiger partial charge in [0.05, 0.1) is 17.6 Å². The Morgan fingerprint density at radius 2 is 1.75 bits per heavy atom. The van der Waals surface area contributed by atoms with E-state index in [1.807, 2.05) is 30.3 Å². The lowest BCUT2D eigenvalue weighted by Gasteiger charge is -2.15. The van der Waals surface area contributed by atoms with Gasteiger partial charge in [-0.3, -0.25) is 4.79 Å². The Morgan fingerprint density at radius 1 is 1.06 bits per heavy atom. The van der Waals surface area contributed by atoms with Crippen LogP contribution in [0.1, 0.15) is 21.6 Å². The van der Waals surface area contributed by atoms with Crippen molar-refractivity contribution in [3.63, 3.8) is 0 Å². The van der Waals surface area contributed by atoms with Gasteiger partial charge < -0.3 is 10.1 Å². The van der Waals surface area contributed by atoms with Gasteiger partial charge in [-0.25, -0.2) is 22.2 Å². The van der Waals surface area contributed by atoms with E-state index in [2.05, 4.69) is 15.6 Å². The Balaban J connectivity index is 1.52. The van der Waals surface area contributed by atoms with Crippen molar-refractivity contribution in [3.05, 3.63) is 77.6 Å². The number of carbonyl (C=O) groups excluding carboxylic acids is 2. The normalized spacial score (nSPS) is 11.3. The minimum absolute atomic E-state index is 0.0175. The molecule has 0 spiro atoms. The van der Waals surface area contributed by atoms with Crippen molar-refractivity contribution < 1.29 is 22.7 Å². The molecule has 0 aliphatic rings. The second-order valence-electron chi connectivity index (χ2n) is 7.03. The van der Waals surface area contributed by atoms with Crippen molar-refractivity contribution in [3.8, 4) is 0 Å². The molecule has 10 nitrogen and oxygen atoms in total. The highest BCUT2D eigenvalue weighted by molar-refractivity contribution is 7.89. The largest absolute Gasteiger partial charge is 0.451 e. The highest BCUT2D eigenvalue weighted by atomic mass is 32.2. The molecule has 0 aliphatic carbocycles. The van der Waals surface area contributed by atoms with Gasteiger partial charge in [-0.05, 0) is 17.2 Å². The highest BCUT2D eigenvalue weighted by Crippen LogP contribution is 2.18. The van der Waals surface area contributed by atoms with Crippen molar-refractivity contribution in [2.24, 2.45) is 0 Å². The van der Waals surface area contributed by atoms with Gasteiger partial charge in [0, 0.05) is 20.6 Å². The molecule has 0 atom stereocenters. The summed E-state index contributed by atoms with van der Waals surface area (Å²) in [6.45, 7) is -0.128. The van der Waals surface area contributed by atoms with Gasteiger partial charge in [-0.1, -0.05) is 53.7 Å². The number of nitrogens with one attached hydrogen (secondary N) is 1. The average molecular weight is 458 g/mol. The molecule has 0 fully saturated rings. The van der Waals surface area contributed by atoms with Crippen LogP contribution in [0.25, 0.3) is 0 Å². The fourth-order valence-electron chi connectivity index (χ4n) is 2.79. The number of aromatic nitrogens is 3. The maximum absolute atomic E-state index is 12.4. The molecule has 168 valence electrons. The molecule has 3 aromatic rings. The molecular formula is C21H23N5O5S. The first kappa shape index (κ1) is 23.1. The lowest BCUT2D eigenvalue weighted by Crippen LogP contribution is -2.30. The van der Waals surface area contributed by atoms with Crippen LogP contribution in [0.5, 0.6) is 0 Å². The first-order chi connectivity index (χ1) is 15.3. The van der Waals surface area contributed by atoms with Crippen molar-refractivity contribution in [1.82, 2.24) is 24.6 Å². The lowest BCUT2D eigenvalue weighted by molar-refractivity contribution is -0.124. The molecule has 1 N–H and O–H groups in total. The van der Waals surface area contributed by atoms with E-state index in [0.717, 1.165) is 9.87 Å². The van der Waals surface area contributed by atoms with Crippen LogP contribution in [-0.2, 0) is 32.6 Å². The summed E-state index contributed by atoms with van der Waals surface area (Å²) in [6.07, 6.45) is 1.44. The monoisotopic (exact) mass is 457 g/mol. The quantitative estimate of drug-likeness (QED) is 0.476. The molecule has 0 saturated carbocycles. The second kappa shape index (κ2) is 10.2. The number of sulfonamides is 1. The first-order valence-corrected chi connectivity index (χ1v) is 11.1. The Hall–Kier alpha value is -3.57. The summed E-state index contributed by atoms with van der Waals surface area (Å²) in [5.74, 6) is -1.36. The number of hydrogen-bond donors (Lipinski definition) is 1. The van der Waals surface area contributed by atoms with Crippen LogP contribution in [-0.4, -0.2) is 60.3 Å². The molecule has 0 saturated heterocycles. The number of benzene rings is 2. The fraction of sp³-hybridized carbons (Fsp3) is 0.238. The summed E-state index contributed by atoms with van der Waals surface area (Å²) >= 11 is 0. The molecule has 0 radical (unpaired) electrons. The molecule has 1 heterocycles. The SMILES string of the molecule is CN(C)S(=O)(=O)c1ccccc1CNC(=O)COC(=O)c1cn(Cc2ccccc2)nn1. The van der Waals surface area contributed by atoms with E-state index in [1.165, 1.54) is 31.0 Å². The number of rotatable bonds is 9. The minimum atomic E-state index is -3.66. The Bertz CT molecular complexity index is 1190. The van der Waals surface area contributed by atoms with E-state index in [4.69, 9.17) is 4.74 Å². The summed E-state index contributed by atoms with van der Waals surface area (Å²) in [6, 6.07) is 15.9. The smallest absolute Gasteiger partial charge is 0.361 e. The fourth-order valence-corrected chi connectivity index (χ4v) is 3.90. The van der Waals surface area contributed by atoms with Gasteiger partial charge in [0.1, 0.15) is 0 Å². The molecule has 2 aromatic carbocycles. The van der Waals surface area contributed by atoms with Gasteiger partial charge in [0.25, 0.3) is 5.91 Å². The van der Waals surface area contributed by atoms with E-state index in [9.17, 15) is 18.0 Å². The van der Waals surface area contributed by atoms with Crippen molar-refractivity contribution in [2.45, 2.75) is 18.0 Å². The number of ether oxygens (including phenoxy) is 1. The standard InChI is InChI=1S/C21H23N5O5S/c1-25(2)32(29,30)19-11-7-6-10-17(19)12-22-20(27)15-31-21(28)18-14-26(24-23-18)13-16-8-4-3-5-9-16/h3-11,14H,12-13,15H2,1-2H3,(H,22,27). The van der Waals surface area contributed by atoms with Crippen LogP contribution < -0.4 is 5.32 Å². The topological polar surface area (TPSA) is 123 Å². The van der Waals surface area contributed by atoms with Crippen LogP contribution in [0.2, 0.25) is 0 Å². The van der Waals surface area contributed by atoms with Crippen LogP contribution in [0.3, 0.4) is 0 Å². The predicted molar refractivity (Wildman–Crippen MR) is 115 cm³/mol. The summed E-state index contributed by atoms with van der Waals surface area (Å²) in [5.41, 5.74) is 1.40. The second-order valence-corrected chi connectivity index (χ2v) is 9.16. The Morgan fingerprint density at radius 3 is 2.47 bits per heavy atom. The molecule has 1 aromatic heterocycles. The molecule has 3 rings (SSSR count). The predicted octanol–water partition coefficient (Wildman–Crippen LogP) is 1.05. The molecule has 0 bridgehead atoms. The Kier molecular flexibility index (Phi) is 7.33. The molecule has 0 unspecified atom stereocenters. The summed E-state index contributed by atoms with van der Waals surface area (Å²) in [7, 11) is -0.797. The molecular weight excluding hydrogens is 434 g/mol. The maximum atomic E-state index is 12.4. The number of amides is 1. The number of esters is 1. The average Bonchev–Trinajstić information content (AvgIpc) is 3.25. The number of hydrogen-bond acceptors (Lipinski definition) is 7. The third kappa shape index (κ3) is 5.77. The van der Waals surface area contributed by atoms with E-state index in [-0.39, 0.29) is 17.1 Å². The van der Waals surface area contributed by atoms with Gasteiger partial charge in [-0.2, -0.15) is 0 Å². The third-order valence-electron chi connectivity index (χ3n) is 4.48. The van der Waals surface area contributed by atoms with Crippen molar-refractivity contribution >= 4 is 21.9 Å². The van der Waals surface area contributed by atoms with Crippen molar-refractivity contribution in [1.29, 1.82) is 0 Å².